The molecule has 0 saturated carbocycles. The van der Waals surface area contributed by atoms with Crippen LogP contribution in [0, 0.1) is 0 Å². The molecule has 154 valence electrons. The topological polar surface area (TPSA) is 91.6 Å². The lowest BCUT2D eigenvalue weighted by Gasteiger charge is -2.35. The Labute approximate surface area is 172 Å². The van der Waals surface area contributed by atoms with Crippen LogP contribution in [0.3, 0.4) is 0 Å². The summed E-state index contributed by atoms with van der Waals surface area (Å²) in [6, 6.07) is 9.10. The molecular weight excluding hydrogens is 386 g/mol. The van der Waals surface area contributed by atoms with Crippen molar-refractivity contribution < 1.29 is 14.2 Å². The number of ether oxygens (including phenoxy) is 3. The van der Waals surface area contributed by atoms with Crippen molar-refractivity contribution in [1.82, 2.24) is 19.5 Å². The van der Waals surface area contributed by atoms with Gasteiger partial charge in [-0.15, -0.1) is 0 Å². The highest BCUT2D eigenvalue weighted by atomic mass is 16.6. The smallest absolute Gasteiger partial charge is 0.255 e. The van der Waals surface area contributed by atoms with Crippen molar-refractivity contribution in [3.8, 4) is 22.9 Å². The molecule has 3 aromatic rings. The van der Waals surface area contributed by atoms with Crippen LogP contribution >= 0.6 is 0 Å². The number of hydrogen-bond acceptors (Lipinski definition) is 8. The molecule has 0 N–H and O–H groups in total. The Kier molecular flexibility index (Phi) is 4.80. The van der Waals surface area contributed by atoms with Gasteiger partial charge in [-0.3, -0.25) is 9.36 Å². The minimum Gasteiger partial charge on any atom is -0.486 e. The summed E-state index contributed by atoms with van der Waals surface area (Å²) in [5.41, 5.74) is 2.00. The molecular formula is C21H21N5O4. The van der Waals surface area contributed by atoms with Gasteiger partial charge in [0.2, 0.25) is 5.95 Å². The molecule has 2 aliphatic rings. The van der Waals surface area contributed by atoms with Gasteiger partial charge in [0.15, 0.2) is 11.5 Å². The maximum Gasteiger partial charge on any atom is 0.255 e. The summed E-state index contributed by atoms with van der Waals surface area (Å²) < 4.78 is 18.9. The first kappa shape index (κ1) is 18.6. The molecule has 2 aromatic heterocycles. The lowest BCUT2D eigenvalue weighted by atomic mass is 10.1. The summed E-state index contributed by atoms with van der Waals surface area (Å²) in [6.07, 6.45) is 2.91. The molecule has 2 aliphatic heterocycles. The van der Waals surface area contributed by atoms with Crippen LogP contribution in [0.15, 0.2) is 47.7 Å². The number of nitrogens with zero attached hydrogens (tertiary/aromatic N) is 5. The highest BCUT2D eigenvalue weighted by Crippen LogP contribution is 2.35. The average Bonchev–Trinajstić information content (AvgIpc) is 2.81. The third-order valence-corrected chi connectivity index (χ3v) is 5.24. The van der Waals surface area contributed by atoms with Crippen molar-refractivity contribution in [2.45, 2.75) is 6.10 Å². The Morgan fingerprint density at radius 2 is 1.90 bits per heavy atom. The molecule has 1 unspecified atom stereocenters. The molecule has 0 radical (unpaired) electrons. The number of benzene rings is 1. The monoisotopic (exact) mass is 407 g/mol. The Bertz CT molecular complexity index is 1120. The molecule has 5 rings (SSSR count). The van der Waals surface area contributed by atoms with Crippen molar-refractivity contribution in [1.29, 1.82) is 0 Å². The third-order valence-electron chi connectivity index (χ3n) is 5.24. The SMILES string of the molecule is Cn1c(N2CCOC(c3ccc4c(c3)OCCO4)C2)nc(-c2ccncn2)cc1=O. The van der Waals surface area contributed by atoms with Gasteiger partial charge in [-0.05, 0) is 23.8 Å². The van der Waals surface area contributed by atoms with Gasteiger partial charge in [-0.1, -0.05) is 6.07 Å². The first-order valence-corrected chi connectivity index (χ1v) is 9.79. The van der Waals surface area contributed by atoms with Crippen molar-refractivity contribution in [2.75, 3.05) is 37.8 Å². The second kappa shape index (κ2) is 7.75. The molecule has 9 heteroatoms. The number of anilines is 1. The normalized spacial score (nSPS) is 18.3. The molecule has 4 heterocycles. The van der Waals surface area contributed by atoms with Crippen LogP contribution < -0.4 is 19.9 Å². The summed E-state index contributed by atoms with van der Waals surface area (Å²) in [5, 5.41) is 0. The zero-order valence-electron chi connectivity index (χ0n) is 16.5. The molecule has 1 saturated heterocycles. The lowest BCUT2D eigenvalue weighted by Crippen LogP contribution is -2.41. The standard InChI is InChI=1S/C21H21N5O4/c1-25-20(27)11-16(15-4-5-22-13-23-15)24-21(25)26-6-7-28-19(12-26)14-2-3-17-18(10-14)30-9-8-29-17/h2-5,10-11,13,19H,6-9,12H2,1H3. The van der Waals surface area contributed by atoms with Crippen molar-refractivity contribution in [3.05, 3.63) is 58.8 Å². The molecule has 1 fully saturated rings. The van der Waals surface area contributed by atoms with E-state index in [9.17, 15) is 4.79 Å². The number of hydrogen-bond donors (Lipinski definition) is 0. The van der Waals surface area contributed by atoms with Crippen LogP contribution in [-0.2, 0) is 11.8 Å². The highest BCUT2D eigenvalue weighted by molar-refractivity contribution is 5.55. The summed E-state index contributed by atoms with van der Waals surface area (Å²) in [4.78, 5) is 27.5. The van der Waals surface area contributed by atoms with E-state index >= 15 is 0 Å². The Hall–Kier alpha value is -3.46. The average molecular weight is 407 g/mol. The van der Waals surface area contributed by atoms with E-state index in [0.717, 1.165) is 17.1 Å². The van der Waals surface area contributed by atoms with Gasteiger partial charge in [0.1, 0.15) is 25.6 Å². The maximum absolute atomic E-state index is 12.6. The first-order valence-electron chi connectivity index (χ1n) is 9.79. The summed E-state index contributed by atoms with van der Waals surface area (Å²) >= 11 is 0. The number of morpholine rings is 1. The van der Waals surface area contributed by atoms with Gasteiger partial charge in [0.05, 0.1) is 24.5 Å². The molecule has 9 nitrogen and oxygen atoms in total. The largest absolute Gasteiger partial charge is 0.486 e. The molecule has 0 spiro atoms. The van der Waals surface area contributed by atoms with Crippen molar-refractivity contribution >= 4 is 5.95 Å². The quantitative estimate of drug-likeness (QED) is 0.646. The second-order valence-electron chi connectivity index (χ2n) is 7.14. The number of aromatic nitrogens is 4. The van der Waals surface area contributed by atoms with Crippen molar-refractivity contribution in [3.63, 3.8) is 0 Å². The summed E-state index contributed by atoms with van der Waals surface area (Å²) in [5.74, 6) is 2.07. The predicted octanol–water partition coefficient (Wildman–Crippen LogP) is 1.59. The Morgan fingerprint density at radius 1 is 1.03 bits per heavy atom. The van der Waals surface area contributed by atoms with Crippen LogP contribution in [-0.4, -0.2) is 52.4 Å². The molecule has 0 bridgehead atoms. The van der Waals surface area contributed by atoms with E-state index in [1.54, 1.807) is 23.9 Å². The fourth-order valence-electron chi connectivity index (χ4n) is 3.68. The van der Waals surface area contributed by atoms with E-state index in [-0.39, 0.29) is 11.7 Å². The van der Waals surface area contributed by atoms with Gasteiger partial charge in [-0.25, -0.2) is 15.0 Å². The fraction of sp³-hybridized carbons (Fsp3) is 0.333. The highest BCUT2D eigenvalue weighted by Gasteiger charge is 2.26. The molecule has 30 heavy (non-hydrogen) atoms. The minimum atomic E-state index is -0.172. The van der Waals surface area contributed by atoms with Crippen LogP contribution in [0.2, 0.25) is 0 Å². The van der Waals surface area contributed by atoms with Crippen LogP contribution in [0.25, 0.3) is 11.4 Å². The van der Waals surface area contributed by atoms with Crippen LogP contribution in [0.4, 0.5) is 5.95 Å². The molecule has 1 aromatic carbocycles. The van der Waals surface area contributed by atoms with Gasteiger partial charge < -0.3 is 19.1 Å². The van der Waals surface area contributed by atoms with Crippen LogP contribution in [0.1, 0.15) is 11.7 Å². The fourth-order valence-corrected chi connectivity index (χ4v) is 3.68. The van der Waals surface area contributed by atoms with Crippen molar-refractivity contribution in [2.24, 2.45) is 7.05 Å². The van der Waals surface area contributed by atoms with Crippen LogP contribution in [0.5, 0.6) is 11.5 Å². The van der Waals surface area contributed by atoms with E-state index in [1.807, 2.05) is 18.2 Å². The van der Waals surface area contributed by atoms with Gasteiger partial charge >= 0.3 is 0 Å². The zero-order chi connectivity index (χ0) is 20.5. The summed E-state index contributed by atoms with van der Waals surface area (Å²) in [6.45, 7) is 2.81. The lowest BCUT2D eigenvalue weighted by molar-refractivity contribution is 0.0386. The van der Waals surface area contributed by atoms with E-state index < -0.39 is 0 Å². The maximum atomic E-state index is 12.6. The predicted molar refractivity (Wildman–Crippen MR) is 109 cm³/mol. The van der Waals surface area contributed by atoms with Gasteiger partial charge in [-0.2, -0.15) is 0 Å². The Morgan fingerprint density at radius 3 is 2.73 bits per heavy atom. The second-order valence-corrected chi connectivity index (χ2v) is 7.14. The number of fused-ring (bicyclic) bond motifs is 1. The molecule has 0 aliphatic carbocycles. The van der Waals surface area contributed by atoms with Gasteiger partial charge in [0.25, 0.3) is 5.56 Å². The Balaban J connectivity index is 1.45. The minimum absolute atomic E-state index is 0.143. The molecule has 0 amide bonds. The zero-order valence-corrected chi connectivity index (χ0v) is 16.5. The summed E-state index contributed by atoms with van der Waals surface area (Å²) in [7, 11) is 1.73. The van der Waals surface area contributed by atoms with E-state index in [4.69, 9.17) is 19.2 Å². The molecule has 1 atom stereocenters. The van der Waals surface area contributed by atoms with E-state index in [2.05, 4.69) is 14.9 Å². The first-order chi connectivity index (χ1) is 14.7. The third kappa shape index (κ3) is 3.48. The van der Waals surface area contributed by atoms with E-state index in [1.165, 1.54) is 12.4 Å². The number of rotatable bonds is 3. The van der Waals surface area contributed by atoms with Gasteiger partial charge in [0, 0.05) is 25.9 Å². The van der Waals surface area contributed by atoms with E-state index in [0.29, 0.717) is 50.2 Å².